The molecular weight excluding hydrogens is 272 g/mol. The summed E-state index contributed by atoms with van der Waals surface area (Å²) in [5.41, 5.74) is 6.65. The average Bonchev–Trinajstić information content (AvgIpc) is 3.24. The van der Waals surface area contributed by atoms with Crippen LogP contribution in [-0.4, -0.2) is 24.0 Å². The van der Waals surface area contributed by atoms with Crippen LogP contribution in [0.5, 0.6) is 5.75 Å². The lowest BCUT2D eigenvalue weighted by Gasteiger charge is -2.13. The molecule has 1 fully saturated rings. The summed E-state index contributed by atoms with van der Waals surface area (Å²) in [7, 11) is 0. The van der Waals surface area contributed by atoms with Crippen LogP contribution in [0.3, 0.4) is 0 Å². The zero-order valence-corrected chi connectivity index (χ0v) is 12.5. The minimum Gasteiger partial charge on any atom is -0.484 e. The molecule has 0 unspecified atom stereocenters. The number of carbonyl (C=O) groups excluding carboxylic acids is 1. The molecule has 1 aliphatic carbocycles. The van der Waals surface area contributed by atoms with Crippen LogP contribution in [0.2, 0.25) is 0 Å². The zero-order chi connectivity index (χ0) is 14.6. The molecule has 1 aliphatic rings. The summed E-state index contributed by atoms with van der Waals surface area (Å²) in [6.45, 7) is 2.96. The highest BCUT2D eigenvalue weighted by Gasteiger charge is 2.40. The van der Waals surface area contributed by atoms with Crippen molar-refractivity contribution < 1.29 is 9.53 Å². The molecule has 1 aromatic rings. The van der Waals surface area contributed by atoms with Crippen molar-refractivity contribution in [3.63, 3.8) is 0 Å². The van der Waals surface area contributed by atoms with Crippen molar-refractivity contribution in [2.75, 3.05) is 13.2 Å². The predicted octanol–water partition coefficient (Wildman–Crippen LogP) is 2.01. The predicted molar refractivity (Wildman–Crippen MR) is 82.8 cm³/mol. The number of thiocarbonyl (C=S) groups is 1. The van der Waals surface area contributed by atoms with Crippen LogP contribution in [0.15, 0.2) is 24.3 Å². The van der Waals surface area contributed by atoms with Crippen molar-refractivity contribution >= 4 is 23.1 Å². The second-order valence-electron chi connectivity index (χ2n) is 5.31. The Morgan fingerprint density at radius 1 is 1.40 bits per heavy atom. The number of carbonyl (C=O) groups is 1. The molecule has 0 aliphatic heterocycles. The number of nitrogens with two attached hydrogens (primary N) is 1. The quantitative estimate of drug-likeness (QED) is 0.755. The van der Waals surface area contributed by atoms with Crippen LogP contribution in [-0.2, 0) is 4.79 Å². The fourth-order valence-corrected chi connectivity index (χ4v) is 2.17. The Bertz CT molecular complexity index is 495. The highest BCUT2D eigenvalue weighted by molar-refractivity contribution is 7.80. The van der Waals surface area contributed by atoms with Gasteiger partial charge in [0.25, 0.3) is 5.91 Å². The molecule has 0 atom stereocenters. The summed E-state index contributed by atoms with van der Waals surface area (Å²) >= 11 is 4.87. The molecule has 0 aromatic heterocycles. The van der Waals surface area contributed by atoms with Crippen molar-refractivity contribution in [1.82, 2.24) is 5.32 Å². The van der Waals surface area contributed by atoms with E-state index in [1.165, 1.54) is 12.8 Å². The first-order chi connectivity index (χ1) is 9.54. The van der Waals surface area contributed by atoms with Crippen LogP contribution < -0.4 is 15.8 Å². The normalized spacial score (nSPS) is 15.4. The molecule has 1 aromatic carbocycles. The fraction of sp³-hybridized carbons (Fsp3) is 0.467. The lowest BCUT2D eigenvalue weighted by molar-refractivity contribution is -0.123. The molecule has 0 saturated heterocycles. The summed E-state index contributed by atoms with van der Waals surface area (Å²) < 4.78 is 5.43. The molecule has 108 valence electrons. The maximum atomic E-state index is 11.7. The van der Waals surface area contributed by atoms with Crippen molar-refractivity contribution in [3.8, 4) is 5.75 Å². The van der Waals surface area contributed by atoms with Crippen LogP contribution in [0, 0.1) is 5.41 Å². The van der Waals surface area contributed by atoms with E-state index < -0.39 is 0 Å². The van der Waals surface area contributed by atoms with Gasteiger partial charge in [-0.05, 0) is 48.9 Å². The number of benzene rings is 1. The third-order valence-corrected chi connectivity index (χ3v) is 4.11. The van der Waals surface area contributed by atoms with Gasteiger partial charge in [-0.2, -0.15) is 0 Å². The lowest BCUT2D eigenvalue weighted by Crippen LogP contribution is -2.33. The van der Waals surface area contributed by atoms with E-state index in [2.05, 4.69) is 12.2 Å². The summed E-state index contributed by atoms with van der Waals surface area (Å²) in [6, 6.07) is 7.09. The largest absolute Gasteiger partial charge is 0.484 e. The Balaban J connectivity index is 1.74. The minimum atomic E-state index is -0.0804. The second-order valence-corrected chi connectivity index (χ2v) is 5.75. The van der Waals surface area contributed by atoms with Gasteiger partial charge in [0.05, 0.1) is 0 Å². The Kier molecular flexibility index (Phi) is 4.60. The Morgan fingerprint density at radius 3 is 2.55 bits per heavy atom. The maximum Gasteiger partial charge on any atom is 0.257 e. The molecule has 20 heavy (non-hydrogen) atoms. The number of rotatable bonds is 7. The van der Waals surface area contributed by atoms with E-state index in [1.54, 1.807) is 24.3 Å². The molecule has 5 heteroatoms. The van der Waals surface area contributed by atoms with Crippen molar-refractivity contribution in [1.29, 1.82) is 0 Å². The minimum absolute atomic E-state index is 0.0339. The molecule has 2 rings (SSSR count). The Hall–Kier alpha value is -1.62. The molecule has 0 radical (unpaired) electrons. The molecule has 1 amide bonds. The number of hydrogen-bond donors (Lipinski definition) is 2. The average molecular weight is 292 g/mol. The van der Waals surface area contributed by atoms with Crippen LogP contribution in [0.4, 0.5) is 0 Å². The van der Waals surface area contributed by atoms with E-state index in [-0.39, 0.29) is 12.5 Å². The second kappa shape index (κ2) is 6.22. The summed E-state index contributed by atoms with van der Waals surface area (Å²) in [4.78, 5) is 12.1. The topological polar surface area (TPSA) is 64.3 Å². The number of ether oxygens (including phenoxy) is 1. The highest BCUT2D eigenvalue weighted by atomic mass is 32.1. The molecule has 4 nitrogen and oxygen atoms in total. The van der Waals surface area contributed by atoms with Crippen LogP contribution in [0.25, 0.3) is 0 Å². The Labute approximate surface area is 124 Å². The first-order valence-electron chi connectivity index (χ1n) is 6.84. The van der Waals surface area contributed by atoms with Gasteiger partial charge in [-0.15, -0.1) is 0 Å². The van der Waals surface area contributed by atoms with Gasteiger partial charge in [-0.1, -0.05) is 19.1 Å². The molecule has 0 heterocycles. The van der Waals surface area contributed by atoms with Gasteiger partial charge in [-0.3, -0.25) is 4.79 Å². The molecule has 3 N–H and O–H groups in total. The van der Waals surface area contributed by atoms with Crippen LogP contribution >= 0.6 is 12.2 Å². The van der Waals surface area contributed by atoms with E-state index in [1.807, 2.05) is 0 Å². The van der Waals surface area contributed by atoms with Crippen molar-refractivity contribution in [2.45, 2.75) is 26.2 Å². The molecule has 0 bridgehead atoms. The van der Waals surface area contributed by atoms with E-state index in [4.69, 9.17) is 22.7 Å². The summed E-state index contributed by atoms with van der Waals surface area (Å²) in [5.74, 6) is 0.555. The monoisotopic (exact) mass is 292 g/mol. The van der Waals surface area contributed by atoms with Gasteiger partial charge in [0.15, 0.2) is 6.61 Å². The van der Waals surface area contributed by atoms with E-state index in [0.717, 1.165) is 18.5 Å². The fourth-order valence-electron chi connectivity index (χ4n) is 2.03. The molecule has 0 spiro atoms. The highest BCUT2D eigenvalue weighted by Crippen LogP contribution is 2.47. The van der Waals surface area contributed by atoms with Gasteiger partial charge >= 0.3 is 0 Å². The first-order valence-corrected chi connectivity index (χ1v) is 7.25. The molecule has 1 saturated carbocycles. The zero-order valence-electron chi connectivity index (χ0n) is 11.6. The third-order valence-electron chi connectivity index (χ3n) is 3.88. The smallest absolute Gasteiger partial charge is 0.257 e. The van der Waals surface area contributed by atoms with Gasteiger partial charge in [-0.25, -0.2) is 0 Å². The first kappa shape index (κ1) is 14.8. The van der Waals surface area contributed by atoms with Crippen LogP contribution in [0.1, 0.15) is 31.7 Å². The molecular formula is C15H20N2O2S. The third kappa shape index (κ3) is 3.93. The van der Waals surface area contributed by atoms with Gasteiger partial charge in [0, 0.05) is 12.1 Å². The lowest BCUT2D eigenvalue weighted by atomic mass is 10.0. The standard InChI is InChI=1S/C15H20N2O2S/c1-2-15(7-8-15)10-17-13(18)9-19-12-5-3-11(4-6-12)14(16)20/h3-6H,2,7-10H2,1H3,(H2,16,20)(H,17,18). The SMILES string of the molecule is CCC1(CNC(=O)COc2ccc(C(N)=S)cc2)CC1. The van der Waals surface area contributed by atoms with Crippen molar-refractivity contribution in [2.24, 2.45) is 11.1 Å². The number of nitrogens with one attached hydrogen (secondary N) is 1. The van der Waals surface area contributed by atoms with E-state index >= 15 is 0 Å². The Morgan fingerprint density at radius 2 is 2.05 bits per heavy atom. The van der Waals surface area contributed by atoms with Crippen molar-refractivity contribution in [3.05, 3.63) is 29.8 Å². The maximum absolute atomic E-state index is 11.7. The van der Waals surface area contributed by atoms with Gasteiger partial charge < -0.3 is 15.8 Å². The van der Waals surface area contributed by atoms with E-state index in [9.17, 15) is 4.79 Å². The van der Waals surface area contributed by atoms with Gasteiger partial charge in [0.2, 0.25) is 0 Å². The number of hydrogen-bond acceptors (Lipinski definition) is 3. The van der Waals surface area contributed by atoms with E-state index in [0.29, 0.717) is 16.2 Å². The number of amides is 1. The summed E-state index contributed by atoms with van der Waals surface area (Å²) in [6.07, 6.45) is 3.55. The summed E-state index contributed by atoms with van der Waals surface area (Å²) in [5, 5.41) is 2.93. The van der Waals surface area contributed by atoms with Gasteiger partial charge in [0.1, 0.15) is 10.7 Å².